The van der Waals surface area contributed by atoms with Gasteiger partial charge < -0.3 is 4.57 Å². The molecule has 7 heteroatoms. The van der Waals surface area contributed by atoms with Crippen molar-refractivity contribution < 1.29 is 4.39 Å². The predicted octanol–water partition coefficient (Wildman–Crippen LogP) is 7.02. The lowest BCUT2D eigenvalue weighted by atomic mass is 10.1. The van der Waals surface area contributed by atoms with E-state index in [0.29, 0.717) is 27.3 Å². The van der Waals surface area contributed by atoms with Crippen LogP contribution in [-0.2, 0) is 6.42 Å². The minimum absolute atomic E-state index is 0.165. The van der Waals surface area contributed by atoms with Crippen molar-refractivity contribution in [2.75, 3.05) is 0 Å². The SMILES string of the molecule is Cc1cc2c(nc1C)c(=O)c(-c1cc3cc(CC4CC4)ncc3s1)cn2-c1ccc(Cl)cc1F. The number of fused-ring (bicyclic) bond motifs is 2. The van der Waals surface area contributed by atoms with Crippen LogP contribution in [0.25, 0.3) is 37.2 Å². The molecule has 170 valence electrons. The number of aryl methyl sites for hydroxylation is 2. The smallest absolute Gasteiger partial charge is 0.216 e. The normalized spacial score (nSPS) is 13.8. The van der Waals surface area contributed by atoms with Gasteiger partial charge in [0.2, 0.25) is 5.43 Å². The van der Waals surface area contributed by atoms with Crippen LogP contribution in [0.1, 0.15) is 29.8 Å². The quantitative estimate of drug-likeness (QED) is 0.272. The molecule has 4 nitrogen and oxygen atoms in total. The van der Waals surface area contributed by atoms with Crippen molar-refractivity contribution in [3.8, 4) is 16.1 Å². The van der Waals surface area contributed by atoms with Crippen molar-refractivity contribution in [2.45, 2.75) is 33.1 Å². The maximum atomic E-state index is 15.0. The number of hydrogen-bond acceptors (Lipinski definition) is 4. The second-order valence-corrected chi connectivity index (χ2v) is 10.6. The highest BCUT2D eigenvalue weighted by atomic mass is 35.5. The van der Waals surface area contributed by atoms with Gasteiger partial charge in [0, 0.05) is 33.7 Å². The fourth-order valence-corrected chi connectivity index (χ4v) is 5.51. The lowest BCUT2D eigenvalue weighted by Gasteiger charge is -2.15. The zero-order valence-corrected chi connectivity index (χ0v) is 20.3. The first-order chi connectivity index (χ1) is 16.4. The number of nitrogens with zero attached hydrogens (tertiary/aromatic N) is 3. The highest BCUT2D eigenvalue weighted by molar-refractivity contribution is 7.22. The third-order valence-corrected chi connectivity index (χ3v) is 7.87. The number of thiophene rings is 1. The van der Waals surface area contributed by atoms with Crippen LogP contribution in [0.5, 0.6) is 0 Å². The summed E-state index contributed by atoms with van der Waals surface area (Å²) < 4.78 is 17.7. The minimum Gasteiger partial charge on any atom is -0.311 e. The van der Waals surface area contributed by atoms with Gasteiger partial charge >= 0.3 is 0 Å². The maximum absolute atomic E-state index is 15.0. The van der Waals surface area contributed by atoms with Gasteiger partial charge in [-0.15, -0.1) is 11.3 Å². The summed E-state index contributed by atoms with van der Waals surface area (Å²) in [6.07, 6.45) is 7.17. The van der Waals surface area contributed by atoms with Crippen molar-refractivity contribution in [1.82, 2.24) is 14.5 Å². The molecule has 0 unspecified atom stereocenters. The third kappa shape index (κ3) is 3.71. The highest BCUT2D eigenvalue weighted by Crippen LogP contribution is 2.36. The molecule has 0 atom stereocenters. The molecule has 4 heterocycles. The molecule has 5 aromatic rings. The van der Waals surface area contributed by atoms with Gasteiger partial charge in [0.1, 0.15) is 11.3 Å². The summed E-state index contributed by atoms with van der Waals surface area (Å²) in [6, 6.07) is 10.6. The van der Waals surface area contributed by atoms with Crippen LogP contribution in [0, 0.1) is 25.6 Å². The van der Waals surface area contributed by atoms with Crippen LogP contribution in [0.4, 0.5) is 4.39 Å². The molecule has 0 N–H and O–H groups in total. The molecule has 1 aliphatic carbocycles. The molecule has 1 aromatic carbocycles. The van der Waals surface area contributed by atoms with E-state index in [9.17, 15) is 9.18 Å². The molecule has 34 heavy (non-hydrogen) atoms. The lowest BCUT2D eigenvalue weighted by molar-refractivity contribution is 0.619. The Balaban J connectivity index is 1.59. The van der Waals surface area contributed by atoms with Crippen LogP contribution >= 0.6 is 22.9 Å². The van der Waals surface area contributed by atoms with Crippen molar-refractivity contribution in [1.29, 1.82) is 0 Å². The molecule has 1 aliphatic rings. The molecule has 6 rings (SSSR count). The van der Waals surface area contributed by atoms with Crippen LogP contribution in [-0.4, -0.2) is 14.5 Å². The number of rotatable bonds is 4. The summed E-state index contributed by atoms with van der Waals surface area (Å²) in [7, 11) is 0. The third-order valence-electron chi connectivity index (χ3n) is 6.51. The highest BCUT2D eigenvalue weighted by Gasteiger charge is 2.23. The van der Waals surface area contributed by atoms with Crippen molar-refractivity contribution in [2.24, 2.45) is 5.92 Å². The van der Waals surface area contributed by atoms with E-state index in [0.717, 1.165) is 44.3 Å². The van der Waals surface area contributed by atoms with E-state index in [1.165, 1.54) is 30.2 Å². The van der Waals surface area contributed by atoms with E-state index in [2.05, 4.69) is 16.0 Å². The summed E-state index contributed by atoms with van der Waals surface area (Å²) in [6.45, 7) is 3.81. The average Bonchev–Trinajstić information content (AvgIpc) is 3.51. The minimum atomic E-state index is -0.466. The largest absolute Gasteiger partial charge is 0.311 e. The number of benzene rings is 1. The Labute approximate surface area is 204 Å². The van der Waals surface area contributed by atoms with E-state index in [1.807, 2.05) is 32.2 Å². The Bertz CT molecular complexity index is 1670. The van der Waals surface area contributed by atoms with E-state index in [4.69, 9.17) is 11.6 Å². The van der Waals surface area contributed by atoms with Gasteiger partial charge in [0.25, 0.3) is 0 Å². The van der Waals surface area contributed by atoms with Gasteiger partial charge in [0.15, 0.2) is 0 Å². The Morgan fingerprint density at radius 1 is 1.18 bits per heavy atom. The Kier molecular flexibility index (Phi) is 5.04. The summed E-state index contributed by atoms with van der Waals surface area (Å²) in [5, 5.41) is 1.39. The van der Waals surface area contributed by atoms with E-state index >= 15 is 0 Å². The number of hydrogen-bond donors (Lipinski definition) is 0. The van der Waals surface area contributed by atoms with E-state index in [-0.39, 0.29) is 5.43 Å². The molecule has 0 saturated heterocycles. The molecule has 1 fully saturated rings. The predicted molar refractivity (Wildman–Crippen MR) is 137 cm³/mol. The van der Waals surface area contributed by atoms with Crippen LogP contribution in [0.3, 0.4) is 0 Å². The molecular formula is C27H21ClFN3OS. The fraction of sp³-hybridized carbons (Fsp3) is 0.222. The van der Waals surface area contributed by atoms with Gasteiger partial charge in [-0.3, -0.25) is 9.78 Å². The Hall–Kier alpha value is -3.09. The monoisotopic (exact) mass is 489 g/mol. The summed E-state index contributed by atoms with van der Waals surface area (Å²) in [4.78, 5) is 23.7. The topological polar surface area (TPSA) is 47.8 Å². The number of halogens is 2. The van der Waals surface area contributed by atoms with Gasteiger partial charge in [0.05, 0.1) is 21.5 Å². The molecule has 0 amide bonds. The number of pyridine rings is 3. The lowest BCUT2D eigenvalue weighted by Crippen LogP contribution is -2.14. The maximum Gasteiger partial charge on any atom is 0.216 e. The van der Waals surface area contributed by atoms with Crippen LogP contribution < -0.4 is 5.43 Å². The first kappa shape index (κ1) is 21.4. The van der Waals surface area contributed by atoms with Crippen LogP contribution in [0.15, 0.2) is 53.6 Å². The molecule has 0 aliphatic heterocycles. The molecule has 0 spiro atoms. The van der Waals surface area contributed by atoms with E-state index in [1.54, 1.807) is 22.9 Å². The van der Waals surface area contributed by atoms with Crippen molar-refractivity contribution in [3.63, 3.8) is 0 Å². The molecule has 0 radical (unpaired) electrons. The second-order valence-electron chi connectivity index (χ2n) is 9.07. The standard InChI is InChI=1S/C27H21ClFN3OS/c1-14-7-23-26(31-15(14)2)27(33)20(13-32(23)22-6-5-18(28)11-21(22)29)24-10-17-9-19(8-16-3-4-16)30-12-25(17)34-24/h5-7,9-13,16H,3-4,8H2,1-2H3. The summed E-state index contributed by atoms with van der Waals surface area (Å²) in [5.74, 6) is 0.287. The molecule has 4 aromatic heterocycles. The van der Waals surface area contributed by atoms with Crippen molar-refractivity contribution >= 4 is 44.1 Å². The van der Waals surface area contributed by atoms with Gasteiger partial charge in [-0.05, 0) is 86.4 Å². The summed E-state index contributed by atoms with van der Waals surface area (Å²) in [5.41, 5.74) is 4.31. The zero-order valence-electron chi connectivity index (χ0n) is 18.7. The molecular weight excluding hydrogens is 469 g/mol. The van der Waals surface area contributed by atoms with E-state index < -0.39 is 5.82 Å². The zero-order chi connectivity index (χ0) is 23.6. The molecule has 0 bridgehead atoms. The second kappa shape index (κ2) is 8.00. The van der Waals surface area contributed by atoms with Gasteiger partial charge in [-0.2, -0.15) is 0 Å². The molecule has 1 saturated carbocycles. The van der Waals surface area contributed by atoms with Gasteiger partial charge in [-0.1, -0.05) is 11.6 Å². The van der Waals surface area contributed by atoms with Crippen molar-refractivity contribution in [3.05, 3.63) is 86.8 Å². The van der Waals surface area contributed by atoms with Gasteiger partial charge in [-0.25, -0.2) is 9.37 Å². The Morgan fingerprint density at radius 3 is 2.76 bits per heavy atom. The average molecular weight is 490 g/mol. The Morgan fingerprint density at radius 2 is 2.00 bits per heavy atom. The first-order valence-corrected chi connectivity index (χ1v) is 12.4. The number of aromatic nitrogens is 3. The first-order valence-electron chi connectivity index (χ1n) is 11.3. The summed E-state index contributed by atoms with van der Waals surface area (Å²) >= 11 is 7.51. The fourth-order valence-electron chi connectivity index (χ4n) is 4.33. The van der Waals surface area contributed by atoms with Crippen LogP contribution in [0.2, 0.25) is 5.02 Å².